The predicted molar refractivity (Wildman–Crippen MR) is 130 cm³/mol. The molecule has 0 aliphatic carbocycles. The summed E-state index contributed by atoms with van der Waals surface area (Å²) in [6, 6.07) is 15.2. The number of nitrogens with one attached hydrogen (secondary N) is 1. The Hall–Kier alpha value is -2.41. The molecule has 0 radical (unpaired) electrons. The van der Waals surface area contributed by atoms with Crippen LogP contribution in [0, 0.1) is 0 Å². The zero-order valence-corrected chi connectivity index (χ0v) is 19.8. The topological polar surface area (TPSA) is 71.0 Å². The van der Waals surface area contributed by atoms with Gasteiger partial charge in [0.2, 0.25) is 0 Å². The first-order chi connectivity index (χ1) is 15.5. The van der Waals surface area contributed by atoms with E-state index in [0.717, 1.165) is 43.1 Å². The van der Waals surface area contributed by atoms with Crippen molar-refractivity contribution in [3.8, 4) is 5.75 Å². The number of rotatable bonds is 15. The van der Waals surface area contributed by atoms with Gasteiger partial charge in [0.25, 0.3) is 0 Å². The highest BCUT2D eigenvalue weighted by Gasteiger charge is 2.23. The molecule has 2 atom stereocenters. The Bertz CT molecular complexity index is 809. The molecule has 0 bridgehead atoms. The van der Waals surface area contributed by atoms with Crippen LogP contribution in [0.25, 0.3) is 0 Å². The van der Waals surface area contributed by atoms with Crippen LogP contribution in [0.4, 0.5) is 5.69 Å². The summed E-state index contributed by atoms with van der Waals surface area (Å²) < 4.78 is 11.6. The molecule has 2 N–H and O–H groups in total. The van der Waals surface area contributed by atoms with E-state index in [1.54, 1.807) is 19.2 Å². The fourth-order valence-electron chi connectivity index (χ4n) is 3.64. The molecule has 0 fully saturated rings. The lowest BCUT2D eigenvalue weighted by atomic mass is 9.99. The molecule has 0 aliphatic rings. The van der Waals surface area contributed by atoms with Crippen molar-refractivity contribution in [1.82, 2.24) is 5.32 Å². The van der Waals surface area contributed by atoms with Crippen molar-refractivity contribution < 1.29 is 19.4 Å². The van der Waals surface area contributed by atoms with Gasteiger partial charge in [0, 0.05) is 31.6 Å². The fourth-order valence-corrected chi connectivity index (χ4v) is 3.64. The van der Waals surface area contributed by atoms with Gasteiger partial charge in [-0.3, -0.25) is 4.79 Å². The van der Waals surface area contributed by atoms with Crippen LogP contribution in [0.1, 0.15) is 43.1 Å². The minimum Gasteiger partial charge on any atom is -0.495 e. The van der Waals surface area contributed by atoms with E-state index in [0.29, 0.717) is 18.5 Å². The number of Topliss-reactive ketones (excluding diaryl/α,β-unsaturated/α-hetero) is 1. The Morgan fingerprint density at radius 1 is 1.09 bits per heavy atom. The second-order valence-corrected chi connectivity index (χ2v) is 7.79. The van der Waals surface area contributed by atoms with Gasteiger partial charge in [0.1, 0.15) is 11.9 Å². The Balaban J connectivity index is 2.19. The number of hydrogen-bond donors (Lipinski definition) is 2. The lowest BCUT2D eigenvalue weighted by Gasteiger charge is -2.24. The van der Waals surface area contributed by atoms with Crippen LogP contribution in [0.3, 0.4) is 0 Å². The Morgan fingerprint density at radius 2 is 1.81 bits per heavy atom. The number of carbonyl (C=O) groups excluding carboxylic acids is 1. The summed E-state index contributed by atoms with van der Waals surface area (Å²) in [5.74, 6) is 0.687. The van der Waals surface area contributed by atoms with Crippen LogP contribution in [0.15, 0.2) is 48.5 Å². The van der Waals surface area contributed by atoms with Crippen molar-refractivity contribution in [3.63, 3.8) is 0 Å². The monoisotopic (exact) mass is 442 g/mol. The molecule has 32 heavy (non-hydrogen) atoms. The number of anilines is 1. The molecule has 0 saturated carbocycles. The second kappa shape index (κ2) is 13.9. The average molecular weight is 443 g/mol. The summed E-state index contributed by atoms with van der Waals surface area (Å²) in [5.41, 5.74) is 2.58. The summed E-state index contributed by atoms with van der Waals surface area (Å²) in [5, 5.41) is 13.4. The third-order valence-corrected chi connectivity index (χ3v) is 5.42. The minimum atomic E-state index is -0.692. The summed E-state index contributed by atoms with van der Waals surface area (Å²) >= 11 is 0. The fraction of sp³-hybridized carbons (Fsp3) is 0.500. The largest absolute Gasteiger partial charge is 0.495 e. The number of methoxy groups -OCH3 is 1. The highest BCUT2D eigenvalue weighted by atomic mass is 16.5. The summed E-state index contributed by atoms with van der Waals surface area (Å²) in [4.78, 5) is 15.4. The summed E-state index contributed by atoms with van der Waals surface area (Å²) in [7, 11) is 1.66. The van der Waals surface area contributed by atoms with Crippen LogP contribution >= 0.6 is 0 Å². The molecule has 0 amide bonds. The predicted octanol–water partition coefficient (Wildman–Crippen LogP) is 3.71. The van der Waals surface area contributed by atoms with Gasteiger partial charge in [-0.2, -0.15) is 0 Å². The van der Waals surface area contributed by atoms with Gasteiger partial charge in [-0.25, -0.2) is 0 Å². The smallest absolute Gasteiger partial charge is 0.191 e. The number of ether oxygens (including phenoxy) is 2. The molecule has 176 valence electrons. The SMILES string of the molecule is CCCNCC(O)COC(Cc1ccc(N(CC)CC)c(OC)c1)C(=O)c1ccccc1. The first kappa shape index (κ1) is 25.8. The number of hydrogen-bond acceptors (Lipinski definition) is 6. The van der Waals surface area contributed by atoms with Crippen molar-refractivity contribution in [2.75, 3.05) is 44.8 Å². The molecule has 0 spiro atoms. The molecule has 0 heterocycles. The molecule has 0 saturated heterocycles. The third kappa shape index (κ3) is 7.62. The minimum absolute atomic E-state index is 0.0916. The first-order valence-electron chi connectivity index (χ1n) is 11.5. The van der Waals surface area contributed by atoms with Gasteiger partial charge < -0.3 is 24.8 Å². The van der Waals surface area contributed by atoms with E-state index in [4.69, 9.17) is 9.47 Å². The molecule has 6 nitrogen and oxygen atoms in total. The van der Waals surface area contributed by atoms with E-state index < -0.39 is 12.2 Å². The maximum absolute atomic E-state index is 13.2. The van der Waals surface area contributed by atoms with E-state index in [1.165, 1.54) is 0 Å². The maximum Gasteiger partial charge on any atom is 0.191 e. The third-order valence-electron chi connectivity index (χ3n) is 5.42. The van der Waals surface area contributed by atoms with E-state index in [1.807, 2.05) is 36.4 Å². The first-order valence-corrected chi connectivity index (χ1v) is 11.5. The molecule has 2 rings (SSSR count). The zero-order valence-electron chi connectivity index (χ0n) is 19.8. The molecule has 2 aromatic rings. The second-order valence-electron chi connectivity index (χ2n) is 7.79. The van der Waals surface area contributed by atoms with Crippen molar-refractivity contribution >= 4 is 11.5 Å². The highest BCUT2D eigenvalue weighted by Crippen LogP contribution is 2.30. The van der Waals surface area contributed by atoms with Gasteiger partial charge in [0.15, 0.2) is 5.78 Å². The van der Waals surface area contributed by atoms with Crippen LogP contribution in [-0.2, 0) is 11.2 Å². The Kier molecular flexibility index (Phi) is 11.2. The van der Waals surface area contributed by atoms with E-state index in [2.05, 4.69) is 31.0 Å². The molecular formula is C26H38N2O4. The van der Waals surface area contributed by atoms with Gasteiger partial charge in [-0.1, -0.05) is 43.3 Å². The standard InChI is InChI=1S/C26H38N2O4/c1-5-15-27-18-22(29)19-32-25(26(30)21-11-9-8-10-12-21)17-20-13-14-23(24(16-20)31-4)28(6-2)7-3/h8-14,16,22,25,27,29H,5-7,15,17-19H2,1-4H3. The number of carbonyl (C=O) groups is 1. The Morgan fingerprint density at radius 3 is 2.44 bits per heavy atom. The average Bonchev–Trinajstić information content (AvgIpc) is 2.83. The van der Waals surface area contributed by atoms with E-state index in [-0.39, 0.29) is 12.4 Å². The molecular weight excluding hydrogens is 404 g/mol. The van der Waals surface area contributed by atoms with E-state index >= 15 is 0 Å². The highest BCUT2D eigenvalue weighted by molar-refractivity contribution is 5.99. The van der Waals surface area contributed by atoms with Gasteiger partial charge in [-0.15, -0.1) is 0 Å². The molecule has 2 unspecified atom stereocenters. The van der Waals surface area contributed by atoms with Gasteiger partial charge in [-0.05, 0) is 44.5 Å². The number of aliphatic hydroxyl groups excluding tert-OH is 1. The van der Waals surface area contributed by atoms with Crippen molar-refractivity contribution in [1.29, 1.82) is 0 Å². The summed E-state index contributed by atoms with van der Waals surface area (Å²) in [6.45, 7) is 9.43. The Labute approximate surface area is 192 Å². The molecule has 2 aromatic carbocycles. The van der Waals surface area contributed by atoms with Crippen molar-refractivity contribution in [3.05, 3.63) is 59.7 Å². The molecule has 0 aliphatic heterocycles. The number of ketones is 1. The molecule has 6 heteroatoms. The number of nitrogens with zero attached hydrogens (tertiary/aromatic N) is 1. The quantitative estimate of drug-likeness (QED) is 0.324. The van der Waals surface area contributed by atoms with Crippen LogP contribution in [0.5, 0.6) is 5.75 Å². The lowest BCUT2D eigenvalue weighted by Crippen LogP contribution is -2.35. The zero-order chi connectivity index (χ0) is 23.3. The number of aliphatic hydroxyl groups is 1. The van der Waals surface area contributed by atoms with Crippen LogP contribution < -0.4 is 15.0 Å². The number of benzene rings is 2. The normalized spacial score (nSPS) is 12.9. The van der Waals surface area contributed by atoms with Crippen molar-refractivity contribution in [2.24, 2.45) is 0 Å². The van der Waals surface area contributed by atoms with Crippen LogP contribution in [0.2, 0.25) is 0 Å². The molecule has 0 aromatic heterocycles. The lowest BCUT2D eigenvalue weighted by molar-refractivity contribution is -0.00163. The van der Waals surface area contributed by atoms with Gasteiger partial charge >= 0.3 is 0 Å². The van der Waals surface area contributed by atoms with E-state index in [9.17, 15) is 9.90 Å². The maximum atomic E-state index is 13.2. The summed E-state index contributed by atoms with van der Waals surface area (Å²) in [6.07, 6.45) is 0.0283. The van der Waals surface area contributed by atoms with Crippen molar-refractivity contribution in [2.45, 2.75) is 45.8 Å². The van der Waals surface area contributed by atoms with Crippen LogP contribution in [-0.4, -0.2) is 63.0 Å². The van der Waals surface area contributed by atoms with Gasteiger partial charge in [0.05, 0.1) is 25.5 Å².